The zero-order valence-corrected chi connectivity index (χ0v) is 12.7. The second-order valence-corrected chi connectivity index (χ2v) is 5.18. The number of carbonyl (C=O) groups is 2. The number of hydrogen-bond donors (Lipinski definition) is 2. The number of hydrogen-bond acceptors (Lipinski definition) is 2. The van der Waals surface area contributed by atoms with E-state index >= 15 is 0 Å². The Labute approximate surface area is 127 Å². The van der Waals surface area contributed by atoms with Gasteiger partial charge in [-0.2, -0.15) is 0 Å². The van der Waals surface area contributed by atoms with Crippen molar-refractivity contribution in [2.75, 3.05) is 11.9 Å². The van der Waals surface area contributed by atoms with Crippen LogP contribution < -0.4 is 5.32 Å². The Morgan fingerprint density at radius 2 is 2.05 bits per heavy atom. The number of urea groups is 1. The number of nitrogens with one attached hydrogen (secondary N) is 1. The van der Waals surface area contributed by atoms with Gasteiger partial charge in [0.05, 0.1) is 10.7 Å². The average molecular weight is 319 g/mol. The fraction of sp³-hybridized carbons (Fsp3) is 0.385. The van der Waals surface area contributed by atoms with Gasteiger partial charge in [0, 0.05) is 11.1 Å². The number of rotatable bonds is 5. The number of amides is 2. The summed E-state index contributed by atoms with van der Waals surface area (Å²) in [5.41, 5.74) is 0.389. The van der Waals surface area contributed by atoms with E-state index in [1.807, 2.05) is 6.92 Å². The summed E-state index contributed by atoms with van der Waals surface area (Å²) >= 11 is 11.7. The first-order valence-corrected chi connectivity index (χ1v) is 6.85. The van der Waals surface area contributed by atoms with Gasteiger partial charge in [0.1, 0.15) is 6.54 Å². The van der Waals surface area contributed by atoms with Crippen molar-refractivity contribution >= 4 is 40.9 Å². The van der Waals surface area contributed by atoms with Crippen molar-refractivity contribution in [1.82, 2.24) is 4.90 Å². The highest BCUT2D eigenvalue weighted by atomic mass is 35.5. The van der Waals surface area contributed by atoms with Crippen molar-refractivity contribution in [2.45, 2.75) is 26.3 Å². The van der Waals surface area contributed by atoms with Gasteiger partial charge in [0.2, 0.25) is 0 Å². The molecule has 0 bridgehead atoms. The Hall–Kier alpha value is -1.46. The summed E-state index contributed by atoms with van der Waals surface area (Å²) in [6.07, 6.45) is 0.648. The molecule has 0 saturated carbocycles. The second kappa shape index (κ2) is 7.36. The van der Waals surface area contributed by atoms with Crippen LogP contribution in [-0.2, 0) is 4.79 Å². The lowest BCUT2D eigenvalue weighted by Crippen LogP contribution is -2.44. The first-order valence-electron chi connectivity index (χ1n) is 6.09. The first-order chi connectivity index (χ1) is 9.35. The predicted molar refractivity (Wildman–Crippen MR) is 79.6 cm³/mol. The molecule has 0 spiro atoms. The Balaban J connectivity index is 2.87. The molecule has 20 heavy (non-hydrogen) atoms. The topological polar surface area (TPSA) is 69.6 Å². The third-order valence-corrected chi connectivity index (χ3v) is 3.41. The highest BCUT2D eigenvalue weighted by Gasteiger charge is 2.22. The molecule has 1 aromatic rings. The maximum Gasteiger partial charge on any atom is 0.323 e. The quantitative estimate of drug-likeness (QED) is 0.869. The van der Waals surface area contributed by atoms with Gasteiger partial charge < -0.3 is 15.3 Å². The molecule has 0 aliphatic heterocycles. The number of carboxylic acid groups (broad SMARTS) is 1. The van der Waals surface area contributed by atoms with E-state index < -0.39 is 12.0 Å². The molecule has 0 saturated heterocycles. The number of benzene rings is 1. The van der Waals surface area contributed by atoms with Crippen LogP contribution in [0.5, 0.6) is 0 Å². The summed E-state index contributed by atoms with van der Waals surface area (Å²) in [5.74, 6) is -1.07. The lowest BCUT2D eigenvalue weighted by Gasteiger charge is -2.27. The van der Waals surface area contributed by atoms with E-state index in [4.69, 9.17) is 28.3 Å². The smallest absolute Gasteiger partial charge is 0.323 e. The van der Waals surface area contributed by atoms with Gasteiger partial charge in [-0.25, -0.2) is 4.79 Å². The van der Waals surface area contributed by atoms with Crippen molar-refractivity contribution < 1.29 is 14.7 Å². The summed E-state index contributed by atoms with van der Waals surface area (Å²) in [7, 11) is 0. The molecule has 2 N–H and O–H groups in total. The molecule has 5 nitrogen and oxygen atoms in total. The number of nitrogens with zero attached hydrogens (tertiary/aromatic N) is 1. The Kier molecular flexibility index (Phi) is 6.10. The number of carboxylic acids is 1. The minimum Gasteiger partial charge on any atom is -0.480 e. The maximum atomic E-state index is 12.1. The zero-order valence-electron chi connectivity index (χ0n) is 11.2. The highest BCUT2D eigenvalue weighted by molar-refractivity contribution is 6.36. The number of carbonyl (C=O) groups excluding carboxylic acids is 1. The number of halogens is 2. The molecular weight excluding hydrogens is 303 g/mol. The molecule has 2 amide bonds. The molecule has 0 aliphatic carbocycles. The summed E-state index contributed by atoms with van der Waals surface area (Å²) < 4.78 is 0. The van der Waals surface area contributed by atoms with Crippen LogP contribution in [0.3, 0.4) is 0 Å². The first kappa shape index (κ1) is 16.6. The van der Waals surface area contributed by atoms with Crippen LogP contribution in [0.25, 0.3) is 0 Å². The van der Waals surface area contributed by atoms with Crippen LogP contribution in [0.15, 0.2) is 18.2 Å². The molecule has 1 unspecified atom stereocenters. The van der Waals surface area contributed by atoms with Gasteiger partial charge in [-0.05, 0) is 31.5 Å². The molecule has 0 radical (unpaired) electrons. The van der Waals surface area contributed by atoms with E-state index in [1.54, 1.807) is 19.1 Å². The van der Waals surface area contributed by atoms with Crippen molar-refractivity contribution in [2.24, 2.45) is 0 Å². The molecule has 1 atom stereocenters. The van der Waals surface area contributed by atoms with E-state index in [-0.39, 0.29) is 12.6 Å². The number of aliphatic carboxylic acids is 1. The third-order valence-electron chi connectivity index (χ3n) is 2.86. The van der Waals surface area contributed by atoms with Crippen molar-refractivity contribution in [1.29, 1.82) is 0 Å². The fourth-order valence-corrected chi connectivity index (χ4v) is 2.03. The van der Waals surface area contributed by atoms with Gasteiger partial charge in [-0.15, -0.1) is 0 Å². The molecule has 110 valence electrons. The third kappa shape index (κ3) is 4.58. The van der Waals surface area contributed by atoms with Crippen LogP contribution in [0, 0.1) is 0 Å². The SMILES string of the molecule is CCC(C)N(CC(=O)O)C(=O)Nc1ccc(Cl)cc1Cl. The average Bonchev–Trinajstić information content (AvgIpc) is 2.38. The van der Waals surface area contributed by atoms with Gasteiger partial charge in [-0.3, -0.25) is 4.79 Å². The monoisotopic (exact) mass is 318 g/mol. The van der Waals surface area contributed by atoms with E-state index in [1.165, 1.54) is 11.0 Å². The summed E-state index contributed by atoms with van der Waals surface area (Å²) in [6, 6.07) is 3.96. The highest BCUT2D eigenvalue weighted by Crippen LogP contribution is 2.25. The standard InChI is InChI=1S/C13H16Cl2N2O3/c1-3-8(2)17(7-12(18)19)13(20)16-11-5-4-9(14)6-10(11)15/h4-6,8H,3,7H2,1-2H3,(H,16,20)(H,18,19). The lowest BCUT2D eigenvalue weighted by molar-refractivity contribution is -0.138. The maximum absolute atomic E-state index is 12.1. The predicted octanol–water partition coefficient (Wildman–Crippen LogP) is 3.71. The van der Waals surface area contributed by atoms with Crippen LogP contribution >= 0.6 is 23.2 Å². The van der Waals surface area contributed by atoms with Gasteiger partial charge in [0.15, 0.2) is 0 Å². The minimum atomic E-state index is -1.07. The minimum absolute atomic E-state index is 0.197. The normalized spacial score (nSPS) is 11.8. The van der Waals surface area contributed by atoms with Gasteiger partial charge >= 0.3 is 12.0 Å². The summed E-state index contributed by atoms with van der Waals surface area (Å²) in [5, 5.41) is 12.2. The van der Waals surface area contributed by atoms with Gasteiger partial charge in [-0.1, -0.05) is 30.1 Å². The van der Waals surface area contributed by atoms with E-state index in [9.17, 15) is 9.59 Å². The molecule has 1 aromatic carbocycles. The molecule has 0 aliphatic rings. The van der Waals surface area contributed by atoms with Crippen LogP contribution in [0.1, 0.15) is 20.3 Å². The van der Waals surface area contributed by atoms with E-state index in [2.05, 4.69) is 5.32 Å². The van der Waals surface area contributed by atoms with E-state index in [0.717, 1.165) is 0 Å². The van der Waals surface area contributed by atoms with E-state index in [0.29, 0.717) is 22.2 Å². The van der Waals surface area contributed by atoms with Crippen LogP contribution in [0.4, 0.5) is 10.5 Å². The van der Waals surface area contributed by atoms with Crippen LogP contribution in [0.2, 0.25) is 10.0 Å². The second-order valence-electron chi connectivity index (χ2n) is 4.33. The van der Waals surface area contributed by atoms with Crippen LogP contribution in [-0.4, -0.2) is 34.6 Å². The summed E-state index contributed by atoms with van der Waals surface area (Å²) in [6.45, 7) is 3.29. The molecule has 0 fully saturated rings. The fourth-order valence-electron chi connectivity index (χ4n) is 1.57. The van der Waals surface area contributed by atoms with Crippen molar-refractivity contribution in [3.05, 3.63) is 28.2 Å². The van der Waals surface area contributed by atoms with Crippen molar-refractivity contribution in [3.8, 4) is 0 Å². The molecular formula is C13H16Cl2N2O3. The number of anilines is 1. The molecule has 0 heterocycles. The lowest BCUT2D eigenvalue weighted by atomic mass is 10.2. The van der Waals surface area contributed by atoms with Gasteiger partial charge in [0.25, 0.3) is 0 Å². The Morgan fingerprint density at radius 1 is 1.40 bits per heavy atom. The Bertz CT molecular complexity index is 508. The van der Waals surface area contributed by atoms with Crippen molar-refractivity contribution in [3.63, 3.8) is 0 Å². The largest absolute Gasteiger partial charge is 0.480 e. The Morgan fingerprint density at radius 3 is 2.55 bits per heavy atom. The summed E-state index contributed by atoms with van der Waals surface area (Å²) in [4.78, 5) is 24.2. The molecule has 7 heteroatoms. The zero-order chi connectivity index (χ0) is 15.3. The molecule has 0 aromatic heterocycles. The molecule has 1 rings (SSSR count).